The number of carbonyl (C=O) groups is 1. The largest absolute Gasteiger partial charge is 0.489 e. The molecule has 1 amide bonds. The number of nitrogens with one attached hydrogen (secondary N) is 1. The zero-order chi connectivity index (χ0) is 20.1. The second kappa shape index (κ2) is 8.30. The molecular weight excluding hydrogens is 373 g/mol. The fraction of sp³-hybridized carbons (Fsp3) is 0.0476. The molecule has 4 rings (SSSR count). The van der Waals surface area contributed by atoms with Crippen LogP contribution in [0.4, 0.5) is 10.1 Å². The van der Waals surface area contributed by atoms with Crippen LogP contribution in [0.3, 0.4) is 0 Å². The molecule has 0 aliphatic carbocycles. The third-order valence-electron chi connectivity index (χ3n) is 4.13. The number of hydrogen-bond donors (Lipinski definition) is 1. The van der Waals surface area contributed by atoms with E-state index in [2.05, 4.69) is 20.8 Å². The Labute approximate surface area is 165 Å². The predicted molar refractivity (Wildman–Crippen MR) is 104 cm³/mol. The molecule has 1 aromatic heterocycles. The van der Waals surface area contributed by atoms with Crippen LogP contribution in [0.15, 0.2) is 79.1 Å². The van der Waals surface area contributed by atoms with Crippen molar-refractivity contribution >= 4 is 11.6 Å². The van der Waals surface area contributed by atoms with Crippen molar-refractivity contribution in [3.05, 3.63) is 96.1 Å². The van der Waals surface area contributed by atoms with Crippen molar-refractivity contribution in [1.29, 1.82) is 0 Å². The van der Waals surface area contributed by atoms with Gasteiger partial charge in [-0.1, -0.05) is 24.3 Å². The molecule has 144 valence electrons. The number of ether oxygens (including phenoxy) is 1. The van der Waals surface area contributed by atoms with Gasteiger partial charge in [-0.3, -0.25) is 4.79 Å². The first-order valence-electron chi connectivity index (χ1n) is 8.79. The highest BCUT2D eigenvalue weighted by Gasteiger charge is 2.09. The maximum Gasteiger partial charge on any atom is 0.255 e. The molecule has 1 N–H and O–H groups in total. The lowest BCUT2D eigenvalue weighted by atomic mass is 10.2. The second-order valence-electron chi connectivity index (χ2n) is 6.20. The minimum atomic E-state index is -0.295. The molecule has 7 nitrogen and oxygen atoms in total. The Balaban J connectivity index is 1.43. The Morgan fingerprint density at radius 3 is 2.66 bits per heavy atom. The number of aromatic nitrogens is 4. The number of nitrogens with zero attached hydrogens (tertiary/aromatic N) is 4. The van der Waals surface area contributed by atoms with Gasteiger partial charge in [0.25, 0.3) is 5.91 Å². The summed E-state index contributed by atoms with van der Waals surface area (Å²) in [5, 5.41) is 13.9. The first kappa shape index (κ1) is 18.3. The first-order valence-corrected chi connectivity index (χ1v) is 8.79. The quantitative estimate of drug-likeness (QED) is 0.545. The van der Waals surface area contributed by atoms with Gasteiger partial charge in [0.2, 0.25) is 0 Å². The lowest BCUT2D eigenvalue weighted by Gasteiger charge is -2.10. The average molecular weight is 389 g/mol. The highest BCUT2D eigenvalue weighted by molar-refractivity contribution is 6.04. The monoisotopic (exact) mass is 389 g/mol. The summed E-state index contributed by atoms with van der Waals surface area (Å²) >= 11 is 0. The molecule has 8 heteroatoms. The second-order valence-corrected chi connectivity index (χ2v) is 6.20. The van der Waals surface area contributed by atoms with Crippen LogP contribution in [-0.4, -0.2) is 26.1 Å². The summed E-state index contributed by atoms with van der Waals surface area (Å²) in [7, 11) is 0. The maximum atomic E-state index is 13.0. The van der Waals surface area contributed by atoms with Crippen LogP contribution in [0, 0.1) is 5.82 Å². The summed E-state index contributed by atoms with van der Waals surface area (Å²) in [5.74, 6) is -0.0212. The number of anilines is 1. The van der Waals surface area contributed by atoms with Crippen LogP contribution >= 0.6 is 0 Å². The molecule has 29 heavy (non-hydrogen) atoms. The van der Waals surface area contributed by atoms with Gasteiger partial charge in [-0.25, -0.2) is 9.07 Å². The Hall–Kier alpha value is -4.07. The molecule has 0 atom stereocenters. The summed E-state index contributed by atoms with van der Waals surface area (Å²) in [6.07, 6.45) is 1.48. The van der Waals surface area contributed by atoms with Gasteiger partial charge in [0.05, 0.1) is 5.69 Å². The molecule has 0 bridgehead atoms. The van der Waals surface area contributed by atoms with Gasteiger partial charge in [-0.15, -0.1) is 5.10 Å². The van der Waals surface area contributed by atoms with E-state index in [0.717, 1.165) is 11.3 Å². The van der Waals surface area contributed by atoms with E-state index in [4.69, 9.17) is 4.74 Å². The molecule has 0 radical (unpaired) electrons. The number of amides is 1. The van der Waals surface area contributed by atoms with Gasteiger partial charge in [0.1, 0.15) is 24.5 Å². The summed E-state index contributed by atoms with van der Waals surface area (Å²) in [6, 6.07) is 20.1. The molecule has 0 fully saturated rings. The number of benzene rings is 3. The number of tetrazole rings is 1. The van der Waals surface area contributed by atoms with Gasteiger partial charge in [0, 0.05) is 11.3 Å². The topological polar surface area (TPSA) is 81.9 Å². The summed E-state index contributed by atoms with van der Waals surface area (Å²) < 4.78 is 20.2. The van der Waals surface area contributed by atoms with Gasteiger partial charge in [-0.05, 0) is 64.5 Å². The maximum absolute atomic E-state index is 13.0. The van der Waals surface area contributed by atoms with Crippen molar-refractivity contribution in [3.8, 4) is 11.4 Å². The average Bonchev–Trinajstić information content (AvgIpc) is 3.29. The van der Waals surface area contributed by atoms with Crippen LogP contribution in [0.25, 0.3) is 5.69 Å². The fourth-order valence-corrected chi connectivity index (χ4v) is 2.68. The van der Waals surface area contributed by atoms with E-state index < -0.39 is 0 Å². The van der Waals surface area contributed by atoms with Crippen LogP contribution in [-0.2, 0) is 6.61 Å². The number of carbonyl (C=O) groups excluding carboxylic acids is 1. The first-order chi connectivity index (χ1) is 14.2. The third-order valence-corrected chi connectivity index (χ3v) is 4.13. The molecule has 4 aromatic rings. The van der Waals surface area contributed by atoms with Gasteiger partial charge >= 0.3 is 0 Å². The SMILES string of the molecule is O=C(Nc1cccc(-n2cnnn2)c1)c1cccc(OCc2ccc(F)cc2)c1. The Kier molecular flexibility index (Phi) is 5.24. The molecule has 3 aromatic carbocycles. The van der Waals surface area contributed by atoms with E-state index in [0.29, 0.717) is 17.0 Å². The molecule has 0 aliphatic heterocycles. The van der Waals surface area contributed by atoms with Crippen molar-refractivity contribution in [2.24, 2.45) is 0 Å². The van der Waals surface area contributed by atoms with Crippen LogP contribution < -0.4 is 10.1 Å². The zero-order valence-electron chi connectivity index (χ0n) is 15.2. The summed E-state index contributed by atoms with van der Waals surface area (Å²) in [6.45, 7) is 0.277. The molecule has 0 aliphatic rings. The van der Waals surface area contributed by atoms with Crippen molar-refractivity contribution in [2.75, 3.05) is 5.32 Å². The summed E-state index contributed by atoms with van der Waals surface area (Å²) in [4.78, 5) is 12.6. The number of hydrogen-bond acceptors (Lipinski definition) is 5. The zero-order valence-corrected chi connectivity index (χ0v) is 15.2. The number of halogens is 1. The molecule has 0 spiro atoms. The van der Waals surface area contributed by atoms with E-state index in [-0.39, 0.29) is 18.3 Å². The molecular formula is C21H16FN5O2. The smallest absolute Gasteiger partial charge is 0.255 e. The van der Waals surface area contributed by atoms with E-state index in [1.165, 1.54) is 23.1 Å². The lowest BCUT2D eigenvalue weighted by molar-refractivity contribution is 0.102. The predicted octanol–water partition coefficient (Wildman–Crippen LogP) is 3.63. The highest BCUT2D eigenvalue weighted by Crippen LogP contribution is 2.18. The van der Waals surface area contributed by atoms with Crippen LogP contribution in [0.2, 0.25) is 0 Å². The number of rotatable bonds is 6. The van der Waals surface area contributed by atoms with Gasteiger partial charge in [-0.2, -0.15) is 0 Å². The van der Waals surface area contributed by atoms with E-state index in [9.17, 15) is 9.18 Å². The highest BCUT2D eigenvalue weighted by atomic mass is 19.1. The minimum absolute atomic E-state index is 0.272. The van der Waals surface area contributed by atoms with Crippen molar-refractivity contribution in [1.82, 2.24) is 20.2 Å². The normalized spacial score (nSPS) is 10.5. The van der Waals surface area contributed by atoms with Gasteiger partial charge in [0.15, 0.2) is 0 Å². The van der Waals surface area contributed by atoms with Crippen molar-refractivity contribution in [3.63, 3.8) is 0 Å². The Bertz CT molecular complexity index is 1110. The molecule has 1 heterocycles. The van der Waals surface area contributed by atoms with Gasteiger partial charge < -0.3 is 10.1 Å². The lowest BCUT2D eigenvalue weighted by Crippen LogP contribution is -2.12. The van der Waals surface area contributed by atoms with Crippen LogP contribution in [0.5, 0.6) is 5.75 Å². The summed E-state index contributed by atoms with van der Waals surface area (Å²) in [5.41, 5.74) is 2.62. The van der Waals surface area contributed by atoms with E-state index in [1.54, 1.807) is 54.6 Å². The standard InChI is InChI=1S/C21H16FN5O2/c22-17-9-7-15(8-10-17)13-29-20-6-1-3-16(11-20)21(28)24-18-4-2-5-19(12-18)27-14-23-25-26-27/h1-12,14H,13H2,(H,24,28). The minimum Gasteiger partial charge on any atom is -0.489 e. The Morgan fingerprint density at radius 2 is 1.86 bits per heavy atom. The van der Waals surface area contributed by atoms with E-state index in [1.807, 2.05) is 6.07 Å². The third kappa shape index (κ3) is 4.62. The van der Waals surface area contributed by atoms with E-state index >= 15 is 0 Å². The Morgan fingerprint density at radius 1 is 1.03 bits per heavy atom. The molecule has 0 saturated carbocycles. The van der Waals surface area contributed by atoms with Crippen molar-refractivity contribution in [2.45, 2.75) is 6.61 Å². The molecule has 0 saturated heterocycles. The fourth-order valence-electron chi connectivity index (χ4n) is 2.68. The van der Waals surface area contributed by atoms with Crippen LogP contribution in [0.1, 0.15) is 15.9 Å². The van der Waals surface area contributed by atoms with Crippen molar-refractivity contribution < 1.29 is 13.9 Å². The molecule has 0 unspecified atom stereocenters.